The predicted octanol–water partition coefficient (Wildman–Crippen LogP) is 3.25. The number of benzene rings is 2. The number of aliphatic imine (C=N–C) groups is 1. The van der Waals surface area contributed by atoms with Crippen LogP contribution in [-0.4, -0.2) is 38.4 Å². The Kier molecular flexibility index (Phi) is 10.6. The molecule has 0 radical (unpaired) electrons. The van der Waals surface area contributed by atoms with E-state index in [0.717, 1.165) is 5.56 Å². The highest BCUT2D eigenvalue weighted by atomic mass is 127. The van der Waals surface area contributed by atoms with Crippen LogP contribution in [0.25, 0.3) is 0 Å². The van der Waals surface area contributed by atoms with E-state index >= 15 is 0 Å². The molecule has 2 aromatic rings. The summed E-state index contributed by atoms with van der Waals surface area (Å²) in [5, 5.41) is 16.7. The van der Waals surface area contributed by atoms with Crippen LogP contribution < -0.4 is 20.1 Å². The van der Waals surface area contributed by atoms with Crippen LogP contribution in [0.1, 0.15) is 24.2 Å². The molecule has 0 aliphatic carbocycles. The van der Waals surface area contributed by atoms with Gasteiger partial charge in [-0.1, -0.05) is 12.1 Å². The Hall–Kier alpha value is -2.07. The van der Waals surface area contributed by atoms with Gasteiger partial charge >= 0.3 is 0 Å². The molecule has 2 rings (SSSR count). The normalized spacial score (nSPS) is 12.0. The third-order valence-electron chi connectivity index (χ3n) is 3.87. The van der Waals surface area contributed by atoms with E-state index < -0.39 is 6.10 Å². The molecule has 1 unspecified atom stereocenters. The summed E-state index contributed by atoms with van der Waals surface area (Å²) >= 11 is 0. The molecule has 154 valence electrons. The van der Waals surface area contributed by atoms with Crippen LogP contribution in [0.5, 0.6) is 11.5 Å². The molecule has 6 nitrogen and oxygen atoms in total. The number of rotatable bonds is 8. The van der Waals surface area contributed by atoms with Crippen molar-refractivity contribution < 1.29 is 19.0 Å². The van der Waals surface area contributed by atoms with Crippen molar-refractivity contribution in [1.82, 2.24) is 10.6 Å². The van der Waals surface area contributed by atoms with Crippen molar-refractivity contribution in [3.63, 3.8) is 0 Å². The Labute approximate surface area is 182 Å². The molecule has 0 fully saturated rings. The quantitative estimate of drug-likeness (QED) is 0.293. The van der Waals surface area contributed by atoms with Crippen LogP contribution in [0.15, 0.2) is 47.5 Å². The van der Waals surface area contributed by atoms with Gasteiger partial charge in [-0.05, 0) is 42.3 Å². The third-order valence-corrected chi connectivity index (χ3v) is 3.87. The van der Waals surface area contributed by atoms with E-state index in [1.54, 1.807) is 38.5 Å². The number of nitrogens with one attached hydrogen (secondary N) is 2. The lowest BCUT2D eigenvalue weighted by Gasteiger charge is -2.17. The second-order valence-corrected chi connectivity index (χ2v) is 5.87. The van der Waals surface area contributed by atoms with E-state index in [0.29, 0.717) is 36.1 Å². The minimum atomic E-state index is -0.785. The smallest absolute Gasteiger partial charge is 0.191 e. The maximum Gasteiger partial charge on any atom is 0.191 e. The van der Waals surface area contributed by atoms with Crippen molar-refractivity contribution in [2.24, 2.45) is 4.99 Å². The number of hydrogen-bond acceptors (Lipinski definition) is 4. The van der Waals surface area contributed by atoms with Gasteiger partial charge in [0.15, 0.2) is 5.96 Å². The van der Waals surface area contributed by atoms with Gasteiger partial charge in [0, 0.05) is 19.2 Å². The van der Waals surface area contributed by atoms with Crippen LogP contribution >= 0.6 is 24.0 Å². The first-order valence-electron chi connectivity index (χ1n) is 8.73. The monoisotopic (exact) mass is 503 g/mol. The van der Waals surface area contributed by atoms with Gasteiger partial charge in [0.2, 0.25) is 0 Å². The van der Waals surface area contributed by atoms with Crippen LogP contribution in [0, 0.1) is 5.82 Å². The van der Waals surface area contributed by atoms with E-state index in [4.69, 9.17) is 9.47 Å². The fourth-order valence-electron chi connectivity index (χ4n) is 2.48. The van der Waals surface area contributed by atoms with Gasteiger partial charge in [-0.15, -0.1) is 24.0 Å². The average molecular weight is 503 g/mol. The maximum absolute atomic E-state index is 13.3. The van der Waals surface area contributed by atoms with E-state index in [1.165, 1.54) is 12.1 Å². The summed E-state index contributed by atoms with van der Waals surface area (Å²) < 4.78 is 23.7. The lowest BCUT2D eigenvalue weighted by atomic mass is 10.1. The first-order valence-corrected chi connectivity index (χ1v) is 8.73. The van der Waals surface area contributed by atoms with Gasteiger partial charge in [-0.25, -0.2) is 9.38 Å². The molecule has 0 aliphatic heterocycles. The van der Waals surface area contributed by atoms with Crippen molar-refractivity contribution >= 4 is 29.9 Å². The average Bonchev–Trinajstić information content (AvgIpc) is 2.69. The Morgan fingerprint density at radius 1 is 1.11 bits per heavy atom. The maximum atomic E-state index is 13.3. The van der Waals surface area contributed by atoms with E-state index in [-0.39, 0.29) is 36.3 Å². The zero-order valence-corrected chi connectivity index (χ0v) is 18.6. The summed E-state index contributed by atoms with van der Waals surface area (Å²) in [4.78, 5) is 4.43. The van der Waals surface area contributed by atoms with Crippen LogP contribution in [0.4, 0.5) is 4.39 Å². The number of aliphatic hydroxyl groups excluding tert-OH is 1. The number of halogens is 2. The Morgan fingerprint density at radius 3 is 2.36 bits per heavy atom. The molecule has 0 aliphatic rings. The molecule has 28 heavy (non-hydrogen) atoms. The molecule has 0 saturated carbocycles. The first-order chi connectivity index (χ1) is 13.0. The minimum Gasteiger partial charge on any atom is -0.497 e. The first kappa shape index (κ1) is 24.0. The van der Waals surface area contributed by atoms with Crippen molar-refractivity contribution in [1.29, 1.82) is 0 Å². The number of ether oxygens (including phenoxy) is 2. The molecule has 0 aromatic heterocycles. The fraction of sp³-hybridized carbons (Fsp3) is 0.350. The van der Waals surface area contributed by atoms with Gasteiger partial charge in [0.25, 0.3) is 0 Å². The highest BCUT2D eigenvalue weighted by molar-refractivity contribution is 14.0. The Morgan fingerprint density at radius 2 is 1.79 bits per heavy atom. The molecule has 1 atom stereocenters. The van der Waals surface area contributed by atoms with E-state index in [1.807, 2.05) is 13.0 Å². The molecule has 0 spiro atoms. The van der Waals surface area contributed by atoms with Crippen LogP contribution in [-0.2, 0) is 6.54 Å². The van der Waals surface area contributed by atoms with Gasteiger partial charge in [-0.2, -0.15) is 0 Å². The standard InChI is InChI=1S/C20H26FN3O3.HI/c1-4-22-20(23-12-14-6-5-7-16(21)8-14)24-13-19(25)15-9-17(26-2)11-18(10-15)27-3;/h5-11,19,25H,4,12-13H2,1-3H3,(H2,22,23,24);1H. The summed E-state index contributed by atoms with van der Waals surface area (Å²) in [7, 11) is 3.12. The number of hydrogen-bond donors (Lipinski definition) is 3. The summed E-state index contributed by atoms with van der Waals surface area (Å²) in [5.74, 6) is 1.46. The Balaban J connectivity index is 0.00000392. The van der Waals surface area contributed by atoms with E-state index in [2.05, 4.69) is 15.6 Å². The molecular weight excluding hydrogens is 476 g/mol. The fourth-order valence-corrected chi connectivity index (χ4v) is 2.48. The largest absolute Gasteiger partial charge is 0.497 e. The Bertz CT molecular complexity index is 752. The molecule has 0 heterocycles. The molecule has 3 N–H and O–H groups in total. The zero-order chi connectivity index (χ0) is 19.6. The minimum absolute atomic E-state index is 0. The summed E-state index contributed by atoms with van der Waals surface area (Å²) in [6, 6.07) is 11.6. The summed E-state index contributed by atoms with van der Waals surface area (Å²) in [5.41, 5.74) is 1.44. The summed E-state index contributed by atoms with van der Waals surface area (Å²) in [6.07, 6.45) is -0.785. The molecule has 2 aromatic carbocycles. The lowest BCUT2D eigenvalue weighted by Crippen LogP contribution is -2.39. The van der Waals surface area contributed by atoms with Gasteiger partial charge < -0.3 is 25.2 Å². The second kappa shape index (κ2) is 12.4. The van der Waals surface area contributed by atoms with E-state index in [9.17, 15) is 9.50 Å². The number of aliphatic hydroxyl groups is 1. The number of methoxy groups -OCH3 is 2. The molecule has 8 heteroatoms. The van der Waals surface area contributed by atoms with Crippen molar-refractivity contribution in [2.45, 2.75) is 19.6 Å². The zero-order valence-electron chi connectivity index (χ0n) is 16.2. The van der Waals surface area contributed by atoms with Gasteiger partial charge in [-0.3, -0.25) is 0 Å². The van der Waals surface area contributed by atoms with Crippen molar-refractivity contribution in [3.8, 4) is 11.5 Å². The molecule has 0 saturated heterocycles. The van der Waals surface area contributed by atoms with Crippen molar-refractivity contribution in [2.75, 3.05) is 27.3 Å². The number of nitrogens with zero attached hydrogens (tertiary/aromatic N) is 1. The molecular formula is C20H27FIN3O3. The second-order valence-electron chi connectivity index (χ2n) is 5.87. The topological polar surface area (TPSA) is 75.1 Å². The van der Waals surface area contributed by atoms with Crippen molar-refractivity contribution in [3.05, 3.63) is 59.4 Å². The predicted molar refractivity (Wildman–Crippen MR) is 119 cm³/mol. The SMILES string of the molecule is CCNC(=NCc1cccc(F)c1)NCC(O)c1cc(OC)cc(OC)c1.I. The van der Waals surface area contributed by atoms with Crippen LogP contribution in [0.3, 0.4) is 0 Å². The van der Waals surface area contributed by atoms with Crippen LogP contribution in [0.2, 0.25) is 0 Å². The number of guanidine groups is 1. The van der Waals surface area contributed by atoms with Gasteiger partial charge in [0.1, 0.15) is 17.3 Å². The third kappa shape index (κ3) is 7.51. The highest BCUT2D eigenvalue weighted by Crippen LogP contribution is 2.26. The highest BCUT2D eigenvalue weighted by Gasteiger charge is 2.12. The molecule has 0 amide bonds. The summed E-state index contributed by atoms with van der Waals surface area (Å²) in [6.45, 7) is 3.18. The molecule has 0 bridgehead atoms. The lowest BCUT2D eigenvalue weighted by molar-refractivity contribution is 0.180. The van der Waals surface area contributed by atoms with Gasteiger partial charge in [0.05, 0.1) is 26.9 Å².